The van der Waals surface area contributed by atoms with E-state index in [0.717, 1.165) is 11.1 Å². The highest BCUT2D eigenvalue weighted by Gasteiger charge is 2.46. The third-order valence-electron chi connectivity index (χ3n) is 3.58. The summed E-state index contributed by atoms with van der Waals surface area (Å²) >= 11 is 0. The largest absolute Gasteiger partial charge is 0.429 e. The van der Waals surface area contributed by atoms with E-state index >= 15 is 0 Å². The molecule has 0 aliphatic carbocycles. The third-order valence-corrected chi connectivity index (χ3v) is 3.58. The Bertz CT molecular complexity index is 608. The van der Waals surface area contributed by atoms with Crippen LogP contribution in [-0.2, 0) is 14.9 Å². The van der Waals surface area contributed by atoms with Gasteiger partial charge in [-0.15, -0.1) is 0 Å². The van der Waals surface area contributed by atoms with Crippen LogP contribution in [0.25, 0.3) is 0 Å². The number of ether oxygens (including phenoxy) is 1. The van der Waals surface area contributed by atoms with Crippen molar-refractivity contribution < 1.29 is 9.53 Å². The summed E-state index contributed by atoms with van der Waals surface area (Å²) in [4.78, 5) is 12.5. The fraction of sp³-hybridized carbons (Fsp3) is 0.118. The molecule has 2 N–H and O–H groups in total. The molecule has 0 atom stereocenters. The Morgan fingerprint density at radius 3 is 1.80 bits per heavy atom. The summed E-state index contributed by atoms with van der Waals surface area (Å²) in [5.74, 6) is 0.220. The van der Waals surface area contributed by atoms with Crippen molar-refractivity contribution in [2.75, 3.05) is 6.54 Å². The highest BCUT2D eigenvalue weighted by atomic mass is 16.5. The second-order valence-corrected chi connectivity index (χ2v) is 4.74. The molecule has 20 heavy (non-hydrogen) atoms. The first-order valence-corrected chi connectivity index (χ1v) is 6.52. The fourth-order valence-corrected chi connectivity index (χ4v) is 2.60. The Morgan fingerprint density at radius 2 is 1.40 bits per heavy atom. The average Bonchev–Trinajstić information content (AvgIpc) is 2.87. The zero-order valence-electron chi connectivity index (χ0n) is 11.0. The van der Waals surface area contributed by atoms with E-state index in [-0.39, 0.29) is 12.5 Å². The lowest BCUT2D eigenvalue weighted by Crippen LogP contribution is -2.32. The van der Waals surface area contributed by atoms with Crippen molar-refractivity contribution in [1.82, 2.24) is 0 Å². The van der Waals surface area contributed by atoms with Gasteiger partial charge in [0.05, 0.1) is 6.54 Å². The predicted molar refractivity (Wildman–Crippen MR) is 76.9 cm³/mol. The smallest absolute Gasteiger partial charge is 0.330 e. The van der Waals surface area contributed by atoms with Crippen LogP contribution in [0.15, 0.2) is 72.5 Å². The van der Waals surface area contributed by atoms with Gasteiger partial charge in [-0.05, 0) is 17.2 Å². The van der Waals surface area contributed by atoms with Gasteiger partial charge in [0, 0.05) is 0 Å². The Balaban J connectivity index is 2.25. The Morgan fingerprint density at radius 1 is 0.900 bits per heavy atom. The van der Waals surface area contributed by atoms with E-state index in [4.69, 9.17) is 10.5 Å². The minimum Gasteiger partial charge on any atom is -0.429 e. The first-order chi connectivity index (χ1) is 9.77. The molecule has 3 nitrogen and oxygen atoms in total. The molecular weight excluding hydrogens is 250 g/mol. The summed E-state index contributed by atoms with van der Waals surface area (Å²) < 4.78 is 5.33. The maximum atomic E-state index is 12.5. The van der Waals surface area contributed by atoms with Crippen molar-refractivity contribution in [3.63, 3.8) is 0 Å². The second kappa shape index (κ2) is 4.94. The summed E-state index contributed by atoms with van der Waals surface area (Å²) in [6.07, 6.45) is 1.83. The first-order valence-electron chi connectivity index (χ1n) is 6.52. The quantitative estimate of drug-likeness (QED) is 0.867. The molecular formula is C17H15NO2. The van der Waals surface area contributed by atoms with Crippen molar-refractivity contribution in [2.45, 2.75) is 5.41 Å². The maximum absolute atomic E-state index is 12.5. The van der Waals surface area contributed by atoms with Crippen molar-refractivity contribution in [2.24, 2.45) is 5.73 Å². The molecule has 3 heteroatoms. The average molecular weight is 265 g/mol. The number of cyclic esters (lactones) is 1. The lowest BCUT2D eigenvalue weighted by Gasteiger charge is -2.24. The summed E-state index contributed by atoms with van der Waals surface area (Å²) in [6, 6.07) is 19.3. The van der Waals surface area contributed by atoms with Crippen molar-refractivity contribution in [3.05, 3.63) is 83.6 Å². The summed E-state index contributed by atoms with van der Waals surface area (Å²) in [5.41, 5.74) is 6.51. The van der Waals surface area contributed by atoms with Gasteiger partial charge in [0.2, 0.25) is 0 Å². The lowest BCUT2D eigenvalue weighted by molar-refractivity contribution is -0.140. The van der Waals surface area contributed by atoms with Crippen LogP contribution in [0.2, 0.25) is 0 Å². The van der Waals surface area contributed by atoms with Gasteiger partial charge in [-0.1, -0.05) is 60.7 Å². The number of hydrogen-bond acceptors (Lipinski definition) is 3. The van der Waals surface area contributed by atoms with Crippen LogP contribution in [0.5, 0.6) is 0 Å². The normalized spacial score (nSPS) is 16.6. The Labute approximate surface area is 117 Å². The molecule has 2 aromatic rings. The molecule has 0 saturated heterocycles. The third kappa shape index (κ3) is 1.84. The van der Waals surface area contributed by atoms with Crippen LogP contribution in [0.1, 0.15) is 11.1 Å². The number of carbonyl (C=O) groups is 1. The lowest BCUT2D eigenvalue weighted by atomic mass is 9.75. The Kier molecular flexibility index (Phi) is 3.12. The maximum Gasteiger partial charge on any atom is 0.330 e. The van der Waals surface area contributed by atoms with Crippen LogP contribution >= 0.6 is 0 Å². The van der Waals surface area contributed by atoms with Gasteiger partial charge in [-0.2, -0.15) is 0 Å². The number of rotatable bonds is 3. The molecule has 2 aromatic carbocycles. The van der Waals surface area contributed by atoms with Crippen LogP contribution in [0.3, 0.4) is 0 Å². The molecule has 0 amide bonds. The van der Waals surface area contributed by atoms with E-state index in [1.807, 2.05) is 66.7 Å². The number of hydrogen-bond donors (Lipinski definition) is 1. The SMILES string of the molecule is NCC1=CC(c2ccccc2)(c2ccccc2)C(=O)O1. The monoisotopic (exact) mass is 265 g/mol. The molecule has 1 aliphatic heterocycles. The van der Waals surface area contributed by atoms with E-state index in [2.05, 4.69) is 0 Å². The number of esters is 1. The minimum atomic E-state index is -0.892. The number of benzene rings is 2. The predicted octanol–water partition coefficient (Wildman–Crippen LogP) is 2.37. The number of nitrogens with two attached hydrogens (primary N) is 1. The zero-order chi connectivity index (χ0) is 14.0. The molecule has 0 unspecified atom stereocenters. The first kappa shape index (κ1) is 12.6. The van der Waals surface area contributed by atoms with Gasteiger partial charge in [-0.25, -0.2) is 4.79 Å². The molecule has 0 spiro atoms. The topological polar surface area (TPSA) is 52.3 Å². The van der Waals surface area contributed by atoms with Crippen molar-refractivity contribution in [1.29, 1.82) is 0 Å². The Hall–Kier alpha value is -2.39. The van der Waals surface area contributed by atoms with Crippen molar-refractivity contribution in [3.8, 4) is 0 Å². The standard InChI is InChI=1S/C17H15NO2/c18-12-15-11-17(16(19)20-15,13-7-3-1-4-8-13)14-9-5-2-6-10-14/h1-11H,12,18H2. The van der Waals surface area contributed by atoms with E-state index < -0.39 is 5.41 Å². The molecule has 0 aromatic heterocycles. The minimum absolute atomic E-state index is 0.215. The van der Waals surface area contributed by atoms with Gasteiger partial charge in [0.25, 0.3) is 0 Å². The summed E-state index contributed by atoms with van der Waals surface area (Å²) in [5, 5.41) is 0. The van der Waals surface area contributed by atoms with Crippen molar-refractivity contribution >= 4 is 5.97 Å². The van der Waals surface area contributed by atoms with E-state index in [1.54, 1.807) is 0 Å². The molecule has 0 saturated carbocycles. The van der Waals surface area contributed by atoms with Crippen LogP contribution < -0.4 is 5.73 Å². The molecule has 1 aliphatic rings. The second-order valence-electron chi connectivity index (χ2n) is 4.74. The molecule has 0 radical (unpaired) electrons. The fourth-order valence-electron chi connectivity index (χ4n) is 2.60. The van der Waals surface area contributed by atoms with Crippen LogP contribution in [-0.4, -0.2) is 12.5 Å². The van der Waals surface area contributed by atoms with E-state index in [9.17, 15) is 4.79 Å². The van der Waals surface area contributed by atoms with Gasteiger partial charge >= 0.3 is 5.97 Å². The van der Waals surface area contributed by atoms with Gasteiger partial charge < -0.3 is 10.5 Å². The highest BCUT2D eigenvalue weighted by molar-refractivity contribution is 5.93. The van der Waals surface area contributed by atoms with Crippen LogP contribution in [0.4, 0.5) is 0 Å². The van der Waals surface area contributed by atoms with Gasteiger partial charge in [0.1, 0.15) is 11.2 Å². The summed E-state index contributed by atoms with van der Waals surface area (Å²) in [7, 11) is 0. The molecule has 1 heterocycles. The van der Waals surface area contributed by atoms with Gasteiger partial charge in [0.15, 0.2) is 0 Å². The number of carbonyl (C=O) groups excluding carboxylic acids is 1. The van der Waals surface area contributed by atoms with E-state index in [0.29, 0.717) is 5.76 Å². The van der Waals surface area contributed by atoms with Gasteiger partial charge in [-0.3, -0.25) is 0 Å². The molecule has 100 valence electrons. The van der Waals surface area contributed by atoms with Crippen LogP contribution in [0, 0.1) is 0 Å². The zero-order valence-corrected chi connectivity index (χ0v) is 11.0. The van der Waals surface area contributed by atoms with E-state index in [1.165, 1.54) is 0 Å². The highest BCUT2D eigenvalue weighted by Crippen LogP contribution is 2.40. The molecule has 0 fully saturated rings. The summed E-state index contributed by atoms with van der Waals surface area (Å²) in [6.45, 7) is 0.215. The molecule has 3 rings (SSSR count). The molecule has 0 bridgehead atoms.